The molecule has 0 amide bonds. The molecule has 1 aliphatic rings. The highest BCUT2D eigenvalue weighted by atomic mass is 15.1. The van der Waals surface area contributed by atoms with E-state index in [1.54, 1.807) is 0 Å². The van der Waals surface area contributed by atoms with Gasteiger partial charge in [0, 0.05) is 33.2 Å². The summed E-state index contributed by atoms with van der Waals surface area (Å²) in [6, 6.07) is 57.6. The minimum absolute atomic E-state index is 0.0824. The summed E-state index contributed by atoms with van der Waals surface area (Å²) in [5.41, 5.74) is 12.3. The van der Waals surface area contributed by atoms with Crippen molar-refractivity contribution in [2.45, 2.75) is 19.3 Å². The summed E-state index contributed by atoms with van der Waals surface area (Å²) in [5, 5.41) is 5.03. The van der Waals surface area contributed by atoms with Crippen molar-refractivity contribution in [3.63, 3.8) is 0 Å². The van der Waals surface area contributed by atoms with E-state index < -0.39 is 0 Å². The molecule has 0 radical (unpaired) electrons. The summed E-state index contributed by atoms with van der Waals surface area (Å²) < 4.78 is 2.49. The Morgan fingerprint density at radius 2 is 1.11 bits per heavy atom. The third-order valence-corrected chi connectivity index (χ3v) is 9.74. The van der Waals surface area contributed by atoms with Crippen LogP contribution in [0.4, 0.5) is 17.1 Å². The minimum Gasteiger partial charge on any atom is -0.310 e. The Morgan fingerprint density at radius 3 is 1.96 bits per heavy atom. The van der Waals surface area contributed by atoms with E-state index in [9.17, 15) is 0 Å². The maximum Gasteiger partial charge on any atom is 0.0582 e. The summed E-state index contributed by atoms with van der Waals surface area (Å²) in [4.78, 5) is 2.39. The van der Waals surface area contributed by atoms with Crippen LogP contribution in [0.3, 0.4) is 0 Å². The molecule has 0 N–H and O–H groups in total. The van der Waals surface area contributed by atoms with Gasteiger partial charge in [0.25, 0.3) is 0 Å². The van der Waals surface area contributed by atoms with Gasteiger partial charge < -0.3 is 9.47 Å². The molecule has 7 aromatic carbocycles. The van der Waals surface area contributed by atoms with Crippen LogP contribution in [0.2, 0.25) is 0 Å². The van der Waals surface area contributed by atoms with Crippen molar-refractivity contribution in [1.29, 1.82) is 0 Å². The van der Waals surface area contributed by atoms with Gasteiger partial charge >= 0.3 is 0 Å². The van der Waals surface area contributed by atoms with Crippen molar-refractivity contribution < 1.29 is 0 Å². The van der Waals surface area contributed by atoms with Gasteiger partial charge in [-0.05, 0) is 81.6 Å². The number of hydrogen-bond acceptors (Lipinski definition) is 1. The van der Waals surface area contributed by atoms with Crippen molar-refractivity contribution in [2.75, 3.05) is 4.90 Å². The van der Waals surface area contributed by atoms with Gasteiger partial charge in [0.05, 0.1) is 16.7 Å². The van der Waals surface area contributed by atoms with Gasteiger partial charge in [-0.15, -0.1) is 0 Å². The van der Waals surface area contributed by atoms with Crippen LogP contribution in [0.5, 0.6) is 0 Å². The van der Waals surface area contributed by atoms with Crippen LogP contribution in [-0.2, 0) is 5.41 Å². The highest BCUT2D eigenvalue weighted by Gasteiger charge is 2.34. The van der Waals surface area contributed by atoms with E-state index in [4.69, 9.17) is 0 Å². The molecule has 8 aromatic rings. The molecule has 0 saturated carbocycles. The molecule has 45 heavy (non-hydrogen) atoms. The van der Waals surface area contributed by atoms with Crippen molar-refractivity contribution in [1.82, 2.24) is 4.57 Å². The standard InChI is InChI=1S/C43H32N2/c1-43(2)38-16-8-9-18-41(38)45-40-26-25-35(28-37(40)36-15-10-17-39(43)42(36)45)44(34-24-21-30-13-6-7-14-32(30)27-34)33-22-19-31(20-23-33)29-11-4-3-5-12-29/h3-28H,1-2H3. The number of nitrogens with zero attached hydrogens (tertiary/aromatic N) is 2. The van der Waals surface area contributed by atoms with Gasteiger partial charge in [0.1, 0.15) is 0 Å². The van der Waals surface area contributed by atoms with E-state index in [1.165, 1.54) is 60.5 Å². The van der Waals surface area contributed by atoms with Gasteiger partial charge in [-0.3, -0.25) is 0 Å². The number of para-hydroxylation sites is 2. The maximum absolute atomic E-state index is 2.49. The molecule has 9 rings (SSSR count). The lowest BCUT2D eigenvalue weighted by Crippen LogP contribution is -2.26. The largest absolute Gasteiger partial charge is 0.310 e. The van der Waals surface area contributed by atoms with Crippen molar-refractivity contribution in [2.24, 2.45) is 0 Å². The zero-order chi connectivity index (χ0) is 30.1. The molecule has 2 heterocycles. The highest BCUT2D eigenvalue weighted by molar-refractivity contribution is 6.13. The Labute approximate surface area is 263 Å². The first-order chi connectivity index (χ1) is 22.1. The first-order valence-electron chi connectivity index (χ1n) is 15.7. The number of anilines is 3. The van der Waals surface area contributed by atoms with Crippen LogP contribution in [0.1, 0.15) is 25.0 Å². The predicted molar refractivity (Wildman–Crippen MR) is 191 cm³/mol. The molecule has 0 bridgehead atoms. The summed E-state index contributed by atoms with van der Waals surface area (Å²) in [6.45, 7) is 4.71. The molecular weight excluding hydrogens is 544 g/mol. The average molecular weight is 577 g/mol. The fraction of sp³-hybridized carbons (Fsp3) is 0.0698. The number of benzene rings is 7. The molecule has 214 valence electrons. The molecule has 0 unspecified atom stereocenters. The number of hydrogen-bond donors (Lipinski definition) is 0. The Kier molecular flexibility index (Phi) is 5.58. The Bertz CT molecular complexity index is 2390. The predicted octanol–water partition coefficient (Wildman–Crippen LogP) is 11.7. The van der Waals surface area contributed by atoms with E-state index in [1.807, 2.05) is 0 Å². The average Bonchev–Trinajstić information content (AvgIpc) is 3.42. The molecule has 0 atom stereocenters. The topological polar surface area (TPSA) is 8.17 Å². The van der Waals surface area contributed by atoms with Crippen LogP contribution >= 0.6 is 0 Å². The fourth-order valence-corrected chi connectivity index (χ4v) is 7.49. The van der Waals surface area contributed by atoms with Gasteiger partial charge in [-0.1, -0.05) is 123 Å². The summed E-state index contributed by atoms with van der Waals surface area (Å²) in [5.74, 6) is 0. The van der Waals surface area contributed by atoms with Gasteiger partial charge in [-0.2, -0.15) is 0 Å². The summed E-state index contributed by atoms with van der Waals surface area (Å²) >= 11 is 0. The second-order valence-corrected chi connectivity index (χ2v) is 12.7. The molecule has 1 aromatic heterocycles. The smallest absolute Gasteiger partial charge is 0.0582 e. The molecule has 0 saturated heterocycles. The first-order valence-corrected chi connectivity index (χ1v) is 15.7. The highest BCUT2D eigenvalue weighted by Crippen LogP contribution is 2.48. The molecular formula is C43H32N2. The van der Waals surface area contributed by atoms with Gasteiger partial charge in [0.15, 0.2) is 0 Å². The Balaban J connectivity index is 1.28. The van der Waals surface area contributed by atoms with Gasteiger partial charge in [0.2, 0.25) is 0 Å². The lowest BCUT2D eigenvalue weighted by Gasteiger charge is -2.34. The van der Waals surface area contributed by atoms with E-state index in [-0.39, 0.29) is 5.41 Å². The molecule has 0 fully saturated rings. The number of fused-ring (bicyclic) bond motifs is 6. The molecule has 2 heteroatoms. The number of rotatable bonds is 4. The quantitative estimate of drug-likeness (QED) is 0.202. The van der Waals surface area contributed by atoms with E-state index >= 15 is 0 Å². The second kappa shape index (κ2) is 9.70. The number of aromatic nitrogens is 1. The van der Waals surface area contributed by atoms with E-state index in [2.05, 4.69) is 181 Å². The van der Waals surface area contributed by atoms with E-state index in [0.29, 0.717) is 0 Å². The summed E-state index contributed by atoms with van der Waals surface area (Å²) in [7, 11) is 0. The lowest BCUT2D eigenvalue weighted by atomic mass is 9.75. The van der Waals surface area contributed by atoms with Crippen molar-refractivity contribution in [3.8, 4) is 16.8 Å². The molecule has 1 aliphatic heterocycles. The van der Waals surface area contributed by atoms with Crippen LogP contribution in [-0.4, -0.2) is 4.57 Å². The Morgan fingerprint density at radius 1 is 0.467 bits per heavy atom. The lowest BCUT2D eigenvalue weighted by molar-refractivity contribution is 0.630. The molecule has 0 spiro atoms. The van der Waals surface area contributed by atoms with Crippen LogP contribution in [0, 0.1) is 0 Å². The zero-order valence-corrected chi connectivity index (χ0v) is 25.4. The molecule has 2 nitrogen and oxygen atoms in total. The fourth-order valence-electron chi connectivity index (χ4n) is 7.49. The zero-order valence-electron chi connectivity index (χ0n) is 25.4. The van der Waals surface area contributed by atoms with Crippen LogP contribution < -0.4 is 4.90 Å². The monoisotopic (exact) mass is 576 g/mol. The minimum atomic E-state index is -0.0824. The van der Waals surface area contributed by atoms with Crippen LogP contribution in [0.25, 0.3) is 49.4 Å². The normalized spacial score (nSPS) is 13.3. The Hall–Kier alpha value is -5.60. The summed E-state index contributed by atoms with van der Waals surface area (Å²) in [6.07, 6.45) is 0. The second-order valence-electron chi connectivity index (χ2n) is 12.7. The third kappa shape index (κ3) is 3.89. The van der Waals surface area contributed by atoms with Gasteiger partial charge in [-0.25, -0.2) is 0 Å². The van der Waals surface area contributed by atoms with Crippen molar-refractivity contribution in [3.05, 3.63) is 169 Å². The first kappa shape index (κ1) is 25.9. The van der Waals surface area contributed by atoms with E-state index in [0.717, 1.165) is 17.1 Å². The maximum atomic E-state index is 2.49. The molecule has 0 aliphatic carbocycles. The van der Waals surface area contributed by atoms with Crippen LogP contribution in [0.15, 0.2) is 158 Å². The SMILES string of the molecule is CC1(C)c2ccccc2-n2c3ccc(N(c4ccc(-c5ccccc5)cc4)c4ccc5ccccc5c4)cc3c3cccc1c32. The third-order valence-electron chi connectivity index (χ3n) is 9.74. The van der Waals surface area contributed by atoms with Crippen molar-refractivity contribution >= 4 is 49.6 Å².